The summed E-state index contributed by atoms with van der Waals surface area (Å²) in [5.74, 6) is 0.849. The zero-order chi connectivity index (χ0) is 11.8. The van der Waals surface area contributed by atoms with Crippen LogP contribution in [0.4, 0.5) is 11.5 Å². The van der Waals surface area contributed by atoms with Gasteiger partial charge < -0.3 is 4.90 Å². The molecule has 2 heterocycles. The van der Waals surface area contributed by atoms with Crippen molar-refractivity contribution in [1.82, 2.24) is 9.97 Å². The van der Waals surface area contributed by atoms with E-state index in [0.717, 1.165) is 23.3 Å². The minimum absolute atomic E-state index is 0.471. The van der Waals surface area contributed by atoms with E-state index in [1.54, 1.807) is 6.07 Å². The van der Waals surface area contributed by atoms with E-state index in [0.29, 0.717) is 5.15 Å². The van der Waals surface area contributed by atoms with E-state index in [-0.39, 0.29) is 0 Å². The van der Waals surface area contributed by atoms with Crippen LogP contribution in [0.25, 0.3) is 0 Å². The van der Waals surface area contributed by atoms with Gasteiger partial charge in [-0.15, -0.1) is 0 Å². The number of nitrogens with zero attached hydrogens (tertiary/aromatic N) is 3. The molecule has 0 fully saturated rings. The summed E-state index contributed by atoms with van der Waals surface area (Å²) in [6.45, 7) is 0.930. The average molecular weight is 311 g/mol. The zero-order valence-electron chi connectivity index (χ0n) is 8.90. The van der Waals surface area contributed by atoms with Gasteiger partial charge in [0.1, 0.15) is 17.3 Å². The molecule has 0 bridgehead atoms. The maximum Gasteiger partial charge on any atom is 0.137 e. The summed E-state index contributed by atoms with van der Waals surface area (Å²) < 4.78 is 1.07. The van der Waals surface area contributed by atoms with Crippen LogP contribution >= 0.6 is 27.5 Å². The van der Waals surface area contributed by atoms with E-state index >= 15 is 0 Å². The molecule has 0 unspecified atom stereocenters. The van der Waals surface area contributed by atoms with Crippen molar-refractivity contribution >= 4 is 39.0 Å². The molecule has 0 saturated heterocycles. The molecule has 0 amide bonds. The second-order valence-electron chi connectivity index (χ2n) is 3.87. The normalized spacial score (nSPS) is 13.9. The molecule has 1 aromatic heterocycles. The standard InChI is InChI=1S/C12H9BrClN3/c13-9-2-1-8-3-4-17(10(8)5-9)12-6-11(14)15-7-16-12/h1-2,5-7H,3-4H2. The molecule has 0 atom stereocenters. The first-order chi connectivity index (χ1) is 8.24. The van der Waals surface area contributed by atoms with Crippen LogP contribution in [0.1, 0.15) is 5.56 Å². The lowest BCUT2D eigenvalue weighted by Gasteiger charge is -2.18. The van der Waals surface area contributed by atoms with Crippen molar-refractivity contribution in [2.75, 3.05) is 11.4 Å². The lowest BCUT2D eigenvalue weighted by Crippen LogP contribution is -2.14. The van der Waals surface area contributed by atoms with Crippen LogP contribution in [0.15, 0.2) is 35.1 Å². The van der Waals surface area contributed by atoms with Gasteiger partial charge in [-0.3, -0.25) is 0 Å². The van der Waals surface area contributed by atoms with Gasteiger partial charge in [-0.2, -0.15) is 0 Å². The number of aromatic nitrogens is 2. The average Bonchev–Trinajstić information content (AvgIpc) is 2.71. The molecule has 0 radical (unpaired) electrons. The molecule has 1 aromatic carbocycles. The largest absolute Gasteiger partial charge is 0.326 e. The second-order valence-corrected chi connectivity index (χ2v) is 5.18. The molecular weight excluding hydrogens is 302 g/mol. The zero-order valence-corrected chi connectivity index (χ0v) is 11.2. The molecule has 1 aliphatic heterocycles. The number of halogens is 2. The first kappa shape index (κ1) is 11.0. The Morgan fingerprint density at radius 1 is 1.24 bits per heavy atom. The molecule has 3 nitrogen and oxygen atoms in total. The van der Waals surface area contributed by atoms with E-state index in [2.05, 4.69) is 49.0 Å². The van der Waals surface area contributed by atoms with Crippen molar-refractivity contribution in [3.63, 3.8) is 0 Å². The Morgan fingerprint density at radius 2 is 2.12 bits per heavy atom. The molecule has 0 aliphatic carbocycles. The third-order valence-corrected chi connectivity index (χ3v) is 3.54. The molecule has 0 spiro atoms. The van der Waals surface area contributed by atoms with Gasteiger partial charge in [0.2, 0.25) is 0 Å². The smallest absolute Gasteiger partial charge is 0.137 e. The predicted molar refractivity (Wildman–Crippen MR) is 71.9 cm³/mol. The number of hydrogen-bond donors (Lipinski definition) is 0. The lowest BCUT2D eigenvalue weighted by atomic mass is 10.2. The first-order valence-electron chi connectivity index (χ1n) is 5.27. The SMILES string of the molecule is Clc1cc(N2CCc3ccc(Br)cc32)ncn1. The Bertz CT molecular complexity index is 573. The maximum absolute atomic E-state index is 5.89. The van der Waals surface area contributed by atoms with Crippen molar-refractivity contribution in [3.8, 4) is 0 Å². The summed E-state index contributed by atoms with van der Waals surface area (Å²) in [6, 6.07) is 8.10. The van der Waals surface area contributed by atoms with Crippen LogP contribution in [-0.2, 0) is 6.42 Å². The number of anilines is 2. The molecule has 0 saturated carbocycles. The van der Waals surface area contributed by atoms with Gasteiger partial charge in [-0.1, -0.05) is 33.6 Å². The number of benzene rings is 1. The van der Waals surface area contributed by atoms with E-state index in [1.807, 2.05) is 0 Å². The first-order valence-corrected chi connectivity index (χ1v) is 6.44. The van der Waals surface area contributed by atoms with E-state index in [4.69, 9.17) is 11.6 Å². The lowest BCUT2D eigenvalue weighted by molar-refractivity contribution is 0.964. The van der Waals surface area contributed by atoms with Gasteiger partial charge in [-0.25, -0.2) is 9.97 Å². The summed E-state index contributed by atoms with van der Waals surface area (Å²) >= 11 is 9.39. The topological polar surface area (TPSA) is 29.0 Å². The number of fused-ring (bicyclic) bond motifs is 1. The van der Waals surface area contributed by atoms with Crippen LogP contribution in [0.3, 0.4) is 0 Å². The van der Waals surface area contributed by atoms with Crippen LogP contribution < -0.4 is 4.90 Å². The van der Waals surface area contributed by atoms with Gasteiger partial charge in [0.05, 0.1) is 0 Å². The van der Waals surface area contributed by atoms with Crippen molar-refractivity contribution in [2.24, 2.45) is 0 Å². The molecule has 0 N–H and O–H groups in total. The molecule has 86 valence electrons. The van der Waals surface area contributed by atoms with Gasteiger partial charge in [-0.05, 0) is 24.1 Å². The Labute approximate surface area is 113 Å². The van der Waals surface area contributed by atoms with Gasteiger partial charge in [0.15, 0.2) is 0 Å². The van der Waals surface area contributed by atoms with Crippen molar-refractivity contribution in [2.45, 2.75) is 6.42 Å². The third-order valence-electron chi connectivity index (χ3n) is 2.84. The monoisotopic (exact) mass is 309 g/mol. The Morgan fingerprint density at radius 3 is 2.94 bits per heavy atom. The fourth-order valence-electron chi connectivity index (χ4n) is 2.06. The fourth-order valence-corrected chi connectivity index (χ4v) is 2.55. The summed E-state index contributed by atoms with van der Waals surface area (Å²) in [5, 5.41) is 0.471. The molecule has 3 rings (SSSR count). The van der Waals surface area contributed by atoms with Crippen molar-refractivity contribution in [3.05, 3.63) is 45.8 Å². The third kappa shape index (κ3) is 2.03. The predicted octanol–water partition coefficient (Wildman–Crippen LogP) is 3.59. The molecule has 5 heteroatoms. The van der Waals surface area contributed by atoms with E-state index in [1.165, 1.54) is 17.6 Å². The quantitative estimate of drug-likeness (QED) is 0.754. The fraction of sp³-hybridized carbons (Fsp3) is 0.167. The van der Waals surface area contributed by atoms with Crippen LogP contribution in [0.5, 0.6) is 0 Å². The van der Waals surface area contributed by atoms with Gasteiger partial charge in [0, 0.05) is 22.8 Å². The van der Waals surface area contributed by atoms with Gasteiger partial charge >= 0.3 is 0 Å². The van der Waals surface area contributed by atoms with Crippen molar-refractivity contribution in [1.29, 1.82) is 0 Å². The van der Waals surface area contributed by atoms with E-state index in [9.17, 15) is 0 Å². The number of rotatable bonds is 1. The summed E-state index contributed by atoms with van der Waals surface area (Å²) in [7, 11) is 0. The minimum Gasteiger partial charge on any atom is -0.326 e. The Kier molecular flexibility index (Phi) is 2.76. The highest BCUT2D eigenvalue weighted by Crippen LogP contribution is 2.35. The Balaban J connectivity index is 2.06. The van der Waals surface area contributed by atoms with Gasteiger partial charge in [0.25, 0.3) is 0 Å². The molecular formula is C12H9BrClN3. The van der Waals surface area contributed by atoms with Crippen LogP contribution in [-0.4, -0.2) is 16.5 Å². The highest BCUT2D eigenvalue weighted by molar-refractivity contribution is 9.10. The summed E-state index contributed by atoms with van der Waals surface area (Å²) in [6.07, 6.45) is 2.53. The van der Waals surface area contributed by atoms with Crippen molar-refractivity contribution < 1.29 is 0 Å². The highest BCUT2D eigenvalue weighted by atomic mass is 79.9. The summed E-state index contributed by atoms with van der Waals surface area (Å²) in [5.41, 5.74) is 2.53. The minimum atomic E-state index is 0.471. The number of hydrogen-bond acceptors (Lipinski definition) is 3. The summed E-state index contributed by atoms with van der Waals surface area (Å²) in [4.78, 5) is 10.3. The Hall–Kier alpha value is -1.13. The molecule has 17 heavy (non-hydrogen) atoms. The maximum atomic E-state index is 5.89. The van der Waals surface area contributed by atoms with Crippen LogP contribution in [0, 0.1) is 0 Å². The molecule has 2 aromatic rings. The van der Waals surface area contributed by atoms with Crippen LogP contribution in [0.2, 0.25) is 5.15 Å². The second kappa shape index (κ2) is 4.27. The highest BCUT2D eigenvalue weighted by Gasteiger charge is 2.21. The van der Waals surface area contributed by atoms with E-state index < -0.39 is 0 Å². The molecule has 1 aliphatic rings.